The minimum absolute atomic E-state index is 0.0357. The molecule has 2 heterocycles. The molecule has 0 atom stereocenters. The molecule has 0 spiro atoms. The van der Waals surface area contributed by atoms with Crippen LogP contribution in [0.2, 0.25) is 0 Å². The number of carbonyl (C=O) groups excluding carboxylic acids is 1. The van der Waals surface area contributed by atoms with Crippen LogP contribution in [0.3, 0.4) is 0 Å². The van der Waals surface area contributed by atoms with E-state index in [2.05, 4.69) is 4.99 Å². The third kappa shape index (κ3) is 4.19. The second-order valence-corrected chi connectivity index (χ2v) is 6.40. The largest absolute Gasteiger partial charge is 0.490 e. The van der Waals surface area contributed by atoms with Crippen LogP contribution in [0, 0.1) is 5.41 Å². The van der Waals surface area contributed by atoms with Crippen molar-refractivity contribution in [3.8, 4) is 11.5 Å². The lowest BCUT2D eigenvalue weighted by molar-refractivity contribution is -0.114. The van der Waals surface area contributed by atoms with E-state index in [9.17, 15) is 4.79 Å². The van der Waals surface area contributed by atoms with Crippen molar-refractivity contribution >= 4 is 23.7 Å². The summed E-state index contributed by atoms with van der Waals surface area (Å²) in [6.07, 6.45) is 3.24. The van der Waals surface area contributed by atoms with Gasteiger partial charge in [0.15, 0.2) is 11.7 Å². The molecule has 0 saturated heterocycles. The van der Waals surface area contributed by atoms with Gasteiger partial charge in [0.25, 0.3) is 5.91 Å². The minimum Gasteiger partial charge on any atom is -0.490 e. The molecule has 1 N–H and O–H groups in total. The Morgan fingerprint density at radius 2 is 1.69 bits per heavy atom. The molecule has 2 aromatic carbocycles. The van der Waals surface area contributed by atoms with Gasteiger partial charge in [-0.1, -0.05) is 30.3 Å². The van der Waals surface area contributed by atoms with E-state index in [0.717, 1.165) is 11.3 Å². The minimum atomic E-state index is -0.464. The van der Waals surface area contributed by atoms with Gasteiger partial charge in [-0.05, 0) is 42.8 Å². The first-order valence-electron chi connectivity index (χ1n) is 9.11. The molecule has 146 valence electrons. The van der Waals surface area contributed by atoms with Gasteiger partial charge in [0.1, 0.15) is 30.5 Å². The van der Waals surface area contributed by atoms with Crippen molar-refractivity contribution in [1.29, 1.82) is 5.41 Å². The monoisotopic (exact) mass is 389 g/mol. The molecule has 0 fully saturated rings. The second kappa shape index (κ2) is 8.02. The fourth-order valence-corrected chi connectivity index (χ4v) is 2.86. The molecule has 0 bridgehead atoms. The number of amides is 1. The first-order valence-corrected chi connectivity index (χ1v) is 9.11. The van der Waals surface area contributed by atoms with Crippen molar-refractivity contribution in [1.82, 2.24) is 5.06 Å². The maximum absolute atomic E-state index is 12.3. The van der Waals surface area contributed by atoms with Crippen molar-refractivity contribution in [2.75, 3.05) is 13.2 Å². The number of amidine groups is 2. The van der Waals surface area contributed by atoms with Crippen molar-refractivity contribution in [3.05, 3.63) is 77.6 Å². The standard InChI is InChI=1S/C22H19N3O4/c1-15-13-20-24-22(26)19(21(23)25(20)29-15)14-16-7-9-18(10-8-16)28-12-11-27-17-5-3-2-4-6-17/h2-10,13-14,23H,11-12H2,1H3/b19-14+,23-21?. The summed E-state index contributed by atoms with van der Waals surface area (Å²) in [6, 6.07) is 16.8. The van der Waals surface area contributed by atoms with Crippen molar-refractivity contribution in [2.45, 2.75) is 6.92 Å². The molecule has 29 heavy (non-hydrogen) atoms. The van der Waals surface area contributed by atoms with Crippen LogP contribution in [0.1, 0.15) is 12.5 Å². The summed E-state index contributed by atoms with van der Waals surface area (Å²) in [5.74, 6) is 1.91. The Hall–Kier alpha value is -3.87. The van der Waals surface area contributed by atoms with Crippen molar-refractivity contribution in [2.24, 2.45) is 4.99 Å². The maximum Gasteiger partial charge on any atom is 0.282 e. The van der Waals surface area contributed by atoms with Crippen LogP contribution in [0.4, 0.5) is 0 Å². The molecule has 0 aliphatic carbocycles. The van der Waals surface area contributed by atoms with E-state index < -0.39 is 5.91 Å². The number of hydroxylamine groups is 2. The highest BCUT2D eigenvalue weighted by Gasteiger charge is 2.34. The van der Waals surface area contributed by atoms with Crippen LogP contribution >= 0.6 is 0 Å². The van der Waals surface area contributed by atoms with Crippen LogP contribution in [-0.4, -0.2) is 35.9 Å². The number of allylic oxidation sites excluding steroid dienone is 1. The number of para-hydroxylation sites is 1. The van der Waals surface area contributed by atoms with Gasteiger partial charge < -0.3 is 14.3 Å². The molecule has 1 amide bonds. The number of fused-ring (bicyclic) bond motifs is 1. The third-order valence-electron chi connectivity index (χ3n) is 4.24. The number of rotatable bonds is 6. The van der Waals surface area contributed by atoms with E-state index >= 15 is 0 Å². The average molecular weight is 389 g/mol. The van der Waals surface area contributed by atoms with Crippen LogP contribution in [0.25, 0.3) is 6.08 Å². The molecule has 2 aliphatic heterocycles. The number of nitrogens with one attached hydrogen (secondary N) is 1. The lowest BCUT2D eigenvalue weighted by Gasteiger charge is -2.22. The summed E-state index contributed by atoms with van der Waals surface area (Å²) in [5, 5.41) is 9.47. The maximum atomic E-state index is 12.3. The van der Waals surface area contributed by atoms with Gasteiger partial charge in [0.05, 0.1) is 5.57 Å². The molecule has 0 aromatic heterocycles. The number of ether oxygens (including phenoxy) is 2. The van der Waals surface area contributed by atoms with Gasteiger partial charge in [-0.2, -0.15) is 4.99 Å². The Labute approximate surface area is 168 Å². The predicted octanol–water partition coefficient (Wildman–Crippen LogP) is 3.59. The summed E-state index contributed by atoms with van der Waals surface area (Å²) in [6.45, 7) is 2.59. The first-order chi connectivity index (χ1) is 14.1. The van der Waals surface area contributed by atoms with E-state index in [1.54, 1.807) is 31.2 Å². The van der Waals surface area contributed by atoms with Gasteiger partial charge in [-0.3, -0.25) is 10.2 Å². The Kier molecular flexibility index (Phi) is 5.11. The number of benzene rings is 2. The zero-order valence-electron chi connectivity index (χ0n) is 15.8. The fraction of sp³-hybridized carbons (Fsp3) is 0.136. The predicted molar refractivity (Wildman–Crippen MR) is 109 cm³/mol. The Bertz CT molecular complexity index is 1020. The van der Waals surface area contributed by atoms with E-state index in [4.69, 9.17) is 19.7 Å². The lowest BCUT2D eigenvalue weighted by Crippen LogP contribution is -2.38. The van der Waals surface area contributed by atoms with Gasteiger partial charge in [0, 0.05) is 6.08 Å². The van der Waals surface area contributed by atoms with E-state index in [0.29, 0.717) is 30.6 Å². The fourth-order valence-electron chi connectivity index (χ4n) is 2.86. The summed E-state index contributed by atoms with van der Waals surface area (Å²) < 4.78 is 11.3. The normalized spacial score (nSPS) is 16.9. The van der Waals surface area contributed by atoms with Gasteiger partial charge >= 0.3 is 0 Å². The Morgan fingerprint density at radius 1 is 1.03 bits per heavy atom. The van der Waals surface area contributed by atoms with E-state index in [1.807, 2.05) is 42.5 Å². The lowest BCUT2D eigenvalue weighted by atomic mass is 10.1. The van der Waals surface area contributed by atoms with Crippen LogP contribution in [0.15, 0.2) is 77.0 Å². The molecule has 0 saturated carbocycles. The summed E-state index contributed by atoms with van der Waals surface area (Å²) in [5.41, 5.74) is 0.926. The molecule has 2 aromatic rings. The molecule has 0 radical (unpaired) electrons. The highest BCUT2D eigenvalue weighted by atomic mass is 16.7. The highest BCUT2D eigenvalue weighted by Crippen LogP contribution is 2.24. The SMILES string of the molecule is CC1=CC2=NC(=O)/C(=C/c3ccc(OCCOc4ccccc4)cc3)C(=N)N2O1. The molecular weight excluding hydrogens is 370 g/mol. The zero-order chi connectivity index (χ0) is 20.2. The number of hydrogen-bond acceptors (Lipinski definition) is 5. The van der Waals surface area contributed by atoms with Gasteiger partial charge in [-0.15, -0.1) is 5.06 Å². The molecule has 0 unspecified atom stereocenters. The van der Waals surface area contributed by atoms with Crippen molar-refractivity contribution in [3.63, 3.8) is 0 Å². The Balaban J connectivity index is 1.36. The number of carbonyl (C=O) groups is 1. The number of nitrogens with zero attached hydrogens (tertiary/aromatic N) is 2. The van der Waals surface area contributed by atoms with Crippen LogP contribution in [-0.2, 0) is 9.63 Å². The highest BCUT2D eigenvalue weighted by molar-refractivity contribution is 6.32. The number of aliphatic imine (C=N–C) groups is 1. The molecule has 7 nitrogen and oxygen atoms in total. The first kappa shape index (κ1) is 18.5. The summed E-state index contributed by atoms with van der Waals surface area (Å²) in [7, 11) is 0. The number of hydrogen-bond donors (Lipinski definition) is 1. The average Bonchev–Trinajstić information content (AvgIpc) is 3.10. The Morgan fingerprint density at radius 3 is 2.38 bits per heavy atom. The third-order valence-corrected chi connectivity index (χ3v) is 4.24. The topological polar surface area (TPSA) is 84.2 Å². The quantitative estimate of drug-likeness (QED) is 0.603. The smallest absolute Gasteiger partial charge is 0.282 e. The van der Waals surface area contributed by atoms with Gasteiger partial charge in [-0.25, -0.2) is 0 Å². The molecule has 2 aliphatic rings. The second-order valence-electron chi connectivity index (χ2n) is 6.40. The molecular formula is C22H19N3O4. The van der Waals surface area contributed by atoms with Gasteiger partial charge in [0.2, 0.25) is 0 Å². The van der Waals surface area contributed by atoms with Crippen LogP contribution < -0.4 is 9.47 Å². The van der Waals surface area contributed by atoms with Crippen LogP contribution in [0.5, 0.6) is 11.5 Å². The molecule has 4 rings (SSSR count). The summed E-state index contributed by atoms with van der Waals surface area (Å²) >= 11 is 0. The van der Waals surface area contributed by atoms with E-state index in [-0.39, 0.29) is 11.4 Å². The van der Waals surface area contributed by atoms with E-state index in [1.165, 1.54) is 5.06 Å². The zero-order valence-corrected chi connectivity index (χ0v) is 15.8. The summed E-state index contributed by atoms with van der Waals surface area (Å²) in [4.78, 5) is 21.7. The molecule has 7 heteroatoms. The van der Waals surface area contributed by atoms with Crippen molar-refractivity contribution < 1.29 is 19.1 Å².